The first-order valence-electron chi connectivity index (χ1n) is 5.29. The highest BCUT2D eigenvalue weighted by Crippen LogP contribution is 2.72. The van der Waals surface area contributed by atoms with Crippen LogP contribution in [-0.4, -0.2) is 0 Å². The molecule has 0 bridgehead atoms. The Hall–Kier alpha value is 0. The van der Waals surface area contributed by atoms with Gasteiger partial charge in [-0.2, -0.15) is 0 Å². The first kappa shape index (κ1) is 6.51. The van der Waals surface area contributed by atoms with Crippen molar-refractivity contribution in [3.8, 4) is 0 Å². The molecular weight excluding hydrogens is 132 g/mol. The normalized spacial score (nSPS) is 58.6. The van der Waals surface area contributed by atoms with Crippen LogP contribution in [0.15, 0.2) is 0 Å². The van der Waals surface area contributed by atoms with Crippen molar-refractivity contribution in [2.24, 2.45) is 35.5 Å². The molecule has 0 nitrogen and oxygen atoms in total. The largest absolute Gasteiger partial charge is 0.0625 e. The predicted octanol–water partition coefficient (Wildman–Crippen LogP) is 2.93. The van der Waals surface area contributed by atoms with Crippen LogP contribution in [-0.2, 0) is 0 Å². The van der Waals surface area contributed by atoms with Gasteiger partial charge in [-0.3, -0.25) is 0 Å². The van der Waals surface area contributed by atoms with E-state index in [0.717, 1.165) is 11.8 Å². The van der Waals surface area contributed by atoms with Crippen LogP contribution in [0.2, 0.25) is 0 Å². The van der Waals surface area contributed by atoms with Gasteiger partial charge < -0.3 is 0 Å². The van der Waals surface area contributed by atoms with Gasteiger partial charge >= 0.3 is 0 Å². The van der Waals surface area contributed by atoms with Crippen LogP contribution >= 0.6 is 0 Å². The Kier molecular flexibility index (Phi) is 1.09. The molecule has 5 atom stereocenters. The van der Waals surface area contributed by atoms with E-state index in [-0.39, 0.29) is 0 Å². The van der Waals surface area contributed by atoms with Crippen molar-refractivity contribution in [2.45, 2.75) is 33.1 Å². The maximum absolute atomic E-state index is 2.42. The van der Waals surface area contributed by atoms with Crippen LogP contribution in [0, 0.1) is 35.5 Å². The molecule has 0 aromatic rings. The molecule has 11 heavy (non-hydrogen) atoms. The van der Waals surface area contributed by atoms with Crippen LogP contribution in [0.4, 0.5) is 0 Å². The fourth-order valence-electron chi connectivity index (χ4n) is 4.01. The average molecular weight is 150 g/mol. The van der Waals surface area contributed by atoms with Crippen molar-refractivity contribution in [1.82, 2.24) is 0 Å². The SMILES string of the molecule is CC(C)C1CCC2CC3C2C13. The van der Waals surface area contributed by atoms with Gasteiger partial charge in [0.05, 0.1) is 0 Å². The average Bonchev–Trinajstić information content (AvgIpc) is 2.54. The predicted molar refractivity (Wildman–Crippen MR) is 46.1 cm³/mol. The number of rotatable bonds is 1. The van der Waals surface area contributed by atoms with Crippen molar-refractivity contribution >= 4 is 0 Å². The van der Waals surface area contributed by atoms with Crippen LogP contribution in [0.3, 0.4) is 0 Å². The molecule has 62 valence electrons. The van der Waals surface area contributed by atoms with E-state index in [1.807, 2.05) is 0 Å². The van der Waals surface area contributed by atoms with Gasteiger partial charge in [-0.05, 0) is 54.8 Å². The summed E-state index contributed by atoms with van der Waals surface area (Å²) in [6.45, 7) is 4.84. The minimum absolute atomic E-state index is 0.964. The van der Waals surface area contributed by atoms with Gasteiger partial charge in [0.25, 0.3) is 0 Å². The zero-order chi connectivity index (χ0) is 7.59. The number of hydrogen-bond donors (Lipinski definition) is 0. The smallest absolute Gasteiger partial charge is 0.0318 e. The second-order valence-corrected chi connectivity index (χ2v) is 5.30. The molecule has 0 aliphatic heterocycles. The molecule has 3 rings (SSSR count). The lowest BCUT2D eigenvalue weighted by Gasteiger charge is -2.30. The molecule has 0 amide bonds. The Bertz CT molecular complexity index is 182. The van der Waals surface area contributed by atoms with Crippen molar-refractivity contribution in [3.05, 3.63) is 0 Å². The van der Waals surface area contributed by atoms with Gasteiger partial charge in [0, 0.05) is 0 Å². The monoisotopic (exact) mass is 150 g/mol. The van der Waals surface area contributed by atoms with Crippen molar-refractivity contribution in [1.29, 1.82) is 0 Å². The molecule has 3 aliphatic carbocycles. The number of hydrogen-bond acceptors (Lipinski definition) is 0. The third-order valence-corrected chi connectivity index (χ3v) is 4.63. The second-order valence-electron chi connectivity index (χ2n) is 5.30. The maximum atomic E-state index is 2.42. The van der Waals surface area contributed by atoms with Gasteiger partial charge in [0.15, 0.2) is 0 Å². The lowest BCUT2D eigenvalue weighted by Crippen LogP contribution is -2.21. The molecular formula is C11H18. The first-order chi connectivity index (χ1) is 5.29. The zero-order valence-corrected chi connectivity index (χ0v) is 7.59. The minimum atomic E-state index is 0.964. The third kappa shape index (κ3) is 0.666. The molecule has 0 aromatic heterocycles. The van der Waals surface area contributed by atoms with Crippen molar-refractivity contribution in [3.63, 3.8) is 0 Å². The molecule has 0 saturated heterocycles. The van der Waals surface area contributed by atoms with E-state index >= 15 is 0 Å². The Balaban J connectivity index is 1.79. The molecule has 3 saturated carbocycles. The van der Waals surface area contributed by atoms with Crippen molar-refractivity contribution < 1.29 is 0 Å². The van der Waals surface area contributed by atoms with Gasteiger partial charge in [-0.15, -0.1) is 0 Å². The van der Waals surface area contributed by atoms with E-state index in [9.17, 15) is 0 Å². The second kappa shape index (κ2) is 1.84. The highest BCUT2D eigenvalue weighted by atomic mass is 14.7. The van der Waals surface area contributed by atoms with Crippen LogP contribution in [0.5, 0.6) is 0 Å². The van der Waals surface area contributed by atoms with Crippen LogP contribution in [0.1, 0.15) is 33.1 Å². The summed E-state index contributed by atoms with van der Waals surface area (Å²) < 4.78 is 0. The summed E-state index contributed by atoms with van der Waals surface area (Å²) in [6.07, 6.45) is 4.74. The fourth-order valence-corrected chi connectivity index (χ4v) is 4.01. The van der Waals surface area contributed by atoms with Gasteiger partial charge in [0.1, 0.15) is 0 Å². The highest BCUT2D eigenvalue weighted by molar-refractivity contribution is 5.14. The van der Waals surface area contributed by atoms with E-state index in [1.165, 1.54) is 23.7 Å². The van der Waals surface area contributed by atoms with Gasteiger partial charge in [0.2, 0.25) is 0 Å². The van der Waals surface area contributed by atoms with Crippen LogP contribution in [0.25, 0.3) is 0 Å². The lowest BCUT2D eigenvalue weighted by atomic mass is 9.75. The fraction of sp³-hybridized carbons (Fsp3) is 1.00. The lowest BCUT2D eigenvalue weighted by molar-refractivity contribution is 0.197. The molecule has 0 aromatic carbocycles. The Morgan fingerprint density at radius 3 is 2.64 bits per heavy atom. The van der Waals surface area contributed by atoms with E-state index < -0.39 is 0 Å². The summed E-state index contributed by atoms with van der Waals surface area (Å²) in [6, 6.07) is 0. The standard InChI is InChI=1S/C11H18/c1-6(2)8-4-3-7-5-9-10(7)11(8)9/h6-11H,3-5H2,1-2H3. The Morgan fingerprint density at radius 1 is 1.09 bits per heavy atom. The number of fused-ring (bicyclic) bond motifs is 1. The summed E-state index contributed by atoms with van der Waals surface area (Å²) in [4.78, 5) is 0. The van der Waals surface area contributed by atoms with E-state index in [2.05, 4.69) is 13.8 Å². The molecule has 0 heterocycles. The third-order valence-electron chi connectivity index (χ3n) is 4.63. The summed E-state index contributed by atoms with van der Waals surface area (Å²) >= 11 is 0. The van der Waals surface area contributed by atoms with Gasteiger partial charge in [-0.1, -0.05) is 13.8 Å². The molecule has 0 heteroatoms. The van der Waals surface area contributed by atoms with Crippen LogP contribution < -0.4 is 0 Å². The molecule has 3 fully saturated rings. The highest BCUT2D eigenvalue weighted by Gasteiger charge is 2.66. The molecule has 0 spiro atoms. The van der Waals surface area contributed by atoms with E-state index in [0.29, 0.717) is 0 Å². The first-order valence-corrected chi connectivity index (χ1v) is 5.29. The van der Waals surface area contributed by atoms with E-state index in [1.54, 1.807) is 19.3 Å². The molecule has 3 aliphatic rings. The van der Waals surface area contributed by atoms with Crippen molar-refractivity contribution in [2.75, 3.05) is 0 Å². The zero-order valence-electron chi connectivity index (χ0n) is 7.59. The summed E-state index contributed by atoms with van der Waals surface area (Å²) in [5.41, 5.74) is 0. The maximum Gasteiger partial charge on any atom is -0.0318 e. The Labute approximate surface area is 69.4 Å². The van der Waals surface area contributed by atoms with Gasteiger partial charge in [-0.25, -0.2) is 0 Å². The summed E-state index contributed by atoms with van der Waals surface area (Å²) in [7, 11) is 0. The topological polar surface area (TPSA) is 0 Å². The Morgan fingerprint density at radius 2 is 1.91 bits per heavy atom. The molecule has 0 N–H and O–H groups in total. The summed E-state index contributed by atoms with van der Waals surface area (Å²) in [5.74, 6) is 6.93. The minimum Gasteiger partial charge on any atom is -0.0625 e. The molecule has 5 unspecified atom stereocenters. The summed E-state index contributed by atoms with van der Waals surface area (Å²) in [5, 5.41) is 0. The quantitative estimate of drug-likeness (QED) is 0.539. The van der Waals surface area contributed by atoms with E-state index in [4.69, 9.17) is 0 Å². The molecule has 0 radical (unpaired) electrons.